The molecule has 6 rings (SSSR count). The van der Waals surface area contributed by atoms with Crippen LogP contribution in [0.15, 0.2) is 46.0 Å². The summed E-state index contributed by atoms with van der Waals surface area (Å²) in [7, 11) is 0. The molecular formula is C22H23N5O2. The Balaban J connectivity index is 1.27. The van der Waals surface area contributed by atoms with Gasteiger partial charge in [-0.15, -0.1) is 0 Å². The minimum absolute atomic E-state index is 0.0930. The fraction of sp³-hybridized carbons (Fsp3) is 0.455. The summed E-state index contributed by atoms with van der Waals surface area (Å²) in [4.78, 5) is 24.0. The van der Waals surface area contributed by atoms with Gasteiger partial charge in [0, 0.05) is 61.2 Å². The lowest BCUT2D eigenvalue weighted by Crippen LogP contribution is -2.46. The first-order valence-corrected chi connectivity index (χ1v) is 10.4. The molecule has 2 atom stereocenters. The molecule has 2 bridgehead atoms. The Morgan fingerprint density at radius 2 is 2.03 bits per heavy atom. The molecule has 1 saturated heterocycles. The number of hydrogen-bond donors (Lipinski definition) is 0. The summed E-state index contributed by atoms with van der Waals surface area (Å²) in [6, 6.07) is 7.84. The predicted octanol–water partition coefficient (Wildman–Crippen LogP) is 2.79. The zero-order chi connectivity index (χ0) is 19.4. The summed E-state index contributed by atoms with van der Waals surface area (Å²) >= 11 is 0. The van der Waals surface area contributed by atoms with E-state index in [1.807, 2.05) is 22.9 Å². The first-order chi connectivity index (χ1) is 14.2. The summed E-state index contributed by atoms with van der Waals surface area (Å²) in [5, 5.41) is 4.14. The van der Waals surface area contributed by atoms with Crippen LogP contribution in [-0.4, -0.2) is 37.7 Å². The van der Waals surface area contributed by atoms with E-state index < -0.39 is 0 Å². The molecule has 0 radical (unpaired) electrons. The van der Waals surface area contributed by atoms with Gasteiger partial charge in [0.05, 0.1) is 6.54 Å². The molecule has 7 heteroatoms. The molecule has 5 heterocycles. The van der Waals surface area contributed by atoms with E-state index in [1.54, 1.807) is 12.3 Å². The third kappa shape index (κ3) is 3.19. The van der Waals surface area contributed by atoms with Crippen LogP contribution in [0.5, 0.6) is 0 Å². The highest BCUT2D eigenvalue weighted by Crippen LogP contribution is 2.39. The van der Waals surface area contributed by atoms with E-state index in [-0.39, 0.29) is 5.56 Å². The number of fused-ring (bicyclic) bond motifs is 4. The van der Waals surface area contributed by atoms with Gasteiger partial charge in [-0.05, 0) is 42.9 Å². The van der Waals surface area contributed by atoms with Gasteiger partial charge >= 0.3 is 0 Å². The Kier molecular flexibility index (Phi) is 3.90. The van der Waals surface area contributed by atoms with Crippen molar-refractivity contribution in [2.75, 3.05) is 13.1 Å². The topological polar surface area (TPSA) is 77.1 Å². The number of pyridine rings is 2. The molecule has 2 fully saturated rings. The molecule has 148 valence electrons. The Hall–Kier alpha value is -2.80. The summed E-state index contributed by atoms with van der Waals surface area (Å²) in [6.07, 6.45) is 7.06. The normalized spacial score (nSPS) is 23.7. The van der Waals surface area contributed by atoms with Crippen LogP contribution in [0.3, 0.4) is 0 Å². The molecule has 29 heavy (non-hydrogen) atoms. The number of aromatic nitrogens is 4. The number of hydrogen-bond acceptors (Lipinski definition) is 6. The van der Waals surface area contributed by atoms with Gasteiger partial charge in [0.2, 0.25) is 5.89 Å². The monoisotopic (exact) mass is 389 g/mol. The molecule has 3 aromatic heterocycles. The summed E-state index contributed by atoms with van der Waals surface area (Å²) in [5.41, 5.74) is 3.18. The molecule has 0 aromatic carbocycles. The third-order valence-electron chi connectivity index (χ3n) is 6.41. The number of nitrogens with zero attached hydrogens (tertiary/aromatic N) is 5. The fourth-order valence-electron chi connectivity index (χ4n) is 4.92. The van der Waals surface area contributed by atoms with E-state index in [1.165, 1.54) is 12.8 Å². The van der Waals surface area contributed by atoms with Crippen molar-refractivity contribution in [1.82, 2.24) is 24.6 Å². The molecule has 1 saturated carbocycles. The van der Waals surface area contributed by atoms with Crippen molar-refractivity contribution < 1.29 is 4.52 Å². The molecule has 7 nitrogen and oxygen atoms in total. The van der Waals surface area contributed by atoms with Crippen molar-refractivity contribution in [3.63, 3.8) is 0 Å². The largest absolute Gasteiger partial charge is 0.338 e. The number of piperidine rings is 1. The van der Waals surface area contributed by atoms with Crippen molar-refractivity contribution in [2.24, 2.45) is 5.92 Å². The SMILES string of the molecule is O=c1cc(-c2cccnc2)cc2n1C[C@H]1C[C@@H]2CN(Cc2nc(C3CC3)no2)C1. The summed E-state index contributed by atoms with van der Waals surface area (Å²) in [5.74, 6) is 2.92. The van der Waals surface area contributed by atoms with Crippen LogP contribution in [0.25, 0.3) is 11.1 Å². The molecule has 1 aliphatic carbocycles. The molecule has 3 aliphatic rings. The van der Waals surface area contributed by atoms with Gasteiger partial charge in [-0.2, -0.15) is 4.98 Å². The van der Waals surface area contributed by atoms with E-state index in [0.717, 1.165) is 48.7 Å². The van der Waals surface area contributed by atoms with Crippen molar-refractivity contribution in [3.05, 3.63) is 64.4 Å². The van der Waals surface area contributed by atoms with E-state index in [4.69, 9.17) is 4.52 Å². The molecule has 3 aromatic rings. The smallest absolute Gasteiger partial charge is 0.251 e. The molecule has 0 unspecified atom stereocenters. The highest BCUT2D eigenvalue weighted by molar-refractivity contribution is 5.62. The zero-order valence-electron chi connectivity index (χ0n) is 16.2. The average Bonchev–Trinajstić information content (AvgIpc) is 3.49. The zero-order valence-corrected chi connectivity index (χ0v) is 16.2. The van der Waals surface area contributed by atoms with Gasteiger partial charge < -0.3 is 9.09 Å². The molecule has 2 aliphatic heterocycles. The third-order valence-corrected chi connectivity index (χ3v) is 6.41. The summed E-state index contributed by atoms with van der Waals surface area (Å²) < 4.78 is 7.47. The Morgan fingerprint density at radius 3 is 2.86 bits per heavy atom. The van der Waals surface area contributed by atoms with Crippen LogP contribution in [0.2, 0.25) is 0 Å². The minimum Gasteiger partial charge on any atom is -0.338 e. The number of likely N-dealkylation sites (tertiary alicyclic amines) is 1. The lowest BCUT2D eigenvalue weighted by Gasteiger charge is -2.42. The van der Waals surface area contributed by atoms with Gasteiger partial charge in [-0.1, -0.05) is 11.2 Å². The van der Waals surface area contributed by atoms with Gasteiger partial charge in [-0.3, -0.25) is 14.7 Å². The van der Waals surface area contributed by atoms with Crippen molar-refractivity contribution >= 4 is 0 Å². The lowest BCUT2D eigenvalue weighted by atomic mass is 9.82. The molecular weight excluding hydrogens is 366 g/mol. The van der Waals surface area contributed by atoms with Gasteiger partial charge in [0.25, 0.3) is 5.56 Å². The quantitative estimate of drug-likeness (QED) is 0.683. The average molecular weight is 389 g/mol. The standard InChI is InChI=1S/C22H23N5O2/c28-21-8-17(16-2-1-5-23-9-16)7-19-18-6-14(11-27(19)21)10-26(12-18)13-20-24-22(25-29-20)15-3-4-15/h1-2,5,7-9,14-15,18H,3-4,6,10-13H2/t14-,18+/m0/s1. The Bertz CT molecular complexity index is 1100. The van der Waals surface area contributed by atoms with E-state index in [0.29, 0.717) is 30.2 Å². The van der Waals surface area contributed by atoms with Crippen LogP contribution in [0.1, 0.15) is 48.5 Å². The van der Waals surface area contributed by atoms with E-state index >= 15 is 0 Å². The van der Waals surface area contributed by atoms with Crippen LogP contribution in [-0.2, 0) is 13.1 Å². The van der Waals surface area contributed by atoms with Crippen molar-refractivity contribution in [3.8, 4) is 11.1 Å². The minimum atomic E-state index is 0.0930. The highest BCUT2D eigenvalue weighted by Gasteiger charge is 2.36. The first-order valence-electron chi connectivity index (χ1n) is 10.4. The molecule has 0 spiro atoms. The maximum absolute atomic E-state index is 12.8. The maximum Gasteiger partial charge on any atom is 0.251 e. The van der Waals surface area contributed by atoms with Crippen LogP contribution in [0, 0.1) is 5.92 Å². The van der Waals surface area contributed by atoms with Gasteiger partial charge in [0.15, 0.2) is 5.82 Å². The second-order valence-corrected chi connectivity index (χ2v) is 8.67. The van der Waals surface area contributed by atoms with Crippen LogP contribution >= 0.6 is 0 Å². The summed E-state index contributed by atoms with van der Waals surface area (Å²) in [6.45, 7) is 3.35. The second-order valence-electron chi connectivity index (χ2n) is 8.67. The van der Waals surface area contributed by atoms with E-state index in [9.17, 15) is 4.79 Å². The Morgan fingerprint density at radius 1 is 1.10 bits per heavy atom. The fourth-order valence-corrected chi connectivity index (χ4v) is 4.92. The second kappa shape index (κ2) is 6.62. The van der Waals surface area contributed by atoms with Crippen LogP contribution in [0.4, 0.5) is 0 Å². The van der Waals surface area contributed by atoms with Gasteiger partial charge in [0.1, 0.15) is 0 Å². The molecule has 0 amide bonds. The Labute approximate surface area is 168 Å². The maximum atomic E-state index is 12.8. The van der Waals surface area contributed by atoms with Crippen LogP contribution < -0.4 is 5.56 Å². The highest BCUT2D eigenvalue weighted by atomic mass is 16.5. The lowest BCUT2D eigenvalue weighted by molar-refractivity contribution is 0.104. The first kappa shape index (κ1) is 17.1. The van der Waals surface area contributed by atoms with Gasteiger partial charge in [-0.25, -0.2) is 0 Å². The van der Waals surface area contributed by atoms with Crippen molar-refractivity contribution in [2.45, 2.75) is 44.2 Å². The van der Waals surface area contributed by atoms with E-state index in [2.05, 4.69) is 26.1 Å². The van der Waals surface area contributed by atoms with Crippen molar-refractivity contribution in [1.29, 1.82) is 0 Å². The predicted molar refractivity (Wildman–Crippen MR) is 106 cm³/mol. The number of rotatable bonds is 4. The molecule has 0 N–H and O–H groups in total.